The van der Waals surface area contributed by atoms with Gasteiger partial charge in [-0.25, -0.2) is 14.0 Å². The van der Waals surface area contributed by atoms with E-state index >= 15 is 0 Å². The molecule has 0 radical (unpaired) electrons. The predicted molar refractivity (Wildman–Crippen MR) is 127 cm³/mol. The van der Waals surface area contributed by atoms with Crippen LogP contribution in [0.4, 0.5) is 0 Å². The first kappa shape index (κ1) is 21.5. The molecule has 4 aromatic heterocycles. The van der Waals surface area contributed by atoms with Crippen LogP contribution in [-0.4, -0.2) is 29.1 Å². The Morgan fingerprint density at radius 1 is 1.18 bits per heavy atom. The van der Waals surface area contributed by atoms with Gasteiger partial charge in [0.1, 0.15) is 15.7 Å². The second kappa shape index (κ2) is 8.23. The van der Waals surface area contributed by atoms with Crippen LogP contribution in [0.25, 0.3) is 37.4 Å². The fourth-order valence-corrected chi connectivity index (χ4v) is 5.14. The van der Waals surface area contributed by atoms with E-state index < -0.39 is 11.2 Å². The van der Waals surface area contributed by atoms with Gasteiger partial charge in [-0.1, -0.05) is 16.8 Å². The van der Waals surface area contributed by atoms with Gasteiger partial charge in [0.25, 0.3) is 5.56 Å². The first-order valence-electron chi connectivity index (χ1n) is 9.94. The molecule has 0 spiro atoms. The van der Waals surface area contributed by atoms with E-state index in [4.69, 9.17) is 16.9 Å². The van der Waals surface area contributed by atoms with Crippen molar-refractivity contribution in [2.75, 3.05) is 0 Å². The van der Waals surface area contributed by atoms with Crippen molar-refractivity contribution in [2.45, 2.75) is 13.0 Å². The number of rotatable bonds is 4. The Hall–Kier alpha value is -4.32. The molecule has 0 fully saturated rings. The standard InChI is InChI=1S/C22H13ClN8O2S/c1-29-19-15(27-28-29)10-26-11-17(19)31-21(32)20-16(30(22(31)33)6-2-5-24)8-18(34-20)14-7-13(23)4-3-12(14)9-25/h3-4,7-8,10-11H,2,6H2,1H3. The van der Waals surface area contributed by atoms with Crippen LogP contribution in [0, 0.1) is 22.7 Å². The molecule has 0 aliphatic rings. The Bertz CT molecular complexity index is 1820. The van der Waals surface area contributed by atoms with Gasteiger partial charge in [-0.2, -0.15) is 10.5 Å². The zero-order chi connectivity index (χ0) is 24.0. The smallest absolute Gasteiger partial charge is 0.291 e. The maximum atomic E-state index is 13.6. The molecule has 5 rings (SSSR count). The number of nitriles is 2. The zero-order valence-corrected chi connectivity index (χ0v) is 19.1. The number of aryl methyl sites for hydroxylation is 2. The molecule has 0 bridgehead atoms. The highest BCUT2D eigenvalue weighted by molar-refractivity contribution is 7.22. The third-order valence-corrected chi connectivity index (χ3v) is 6.75. The minimum absolute atomic E-state index is 0.0642. The minimum Gasteiger partial charge on any atom is -0.291 e. The Labute approximate surface area is 200 Å². The second-order valence-electron chi connectivity index (χ2n) is 7.35. The quantitative estimate of drug-likeness (QED) is 0.379. The summed E-state index contributed by atoms with van der Waals surface area (Å²) < 4.78 is 4.18. The van der Waals surface area contributed by atoms with Crippen LogP contribution in [0.3, 0.4) is 0 Å². The summed E-state index contributed by atoms with van der Waals surface area (Å²) >= 11 is 7.31. The normalized spacial score (nSPS) is 11.1. The molecule has 0 atom stereocenters. The molecule has 0 amide bonds. The highest BCUT2D eigenvalue weighted by atomic mass is 35.5. The summed E-state index contributed by atoms with van der Waals surface area (Å²) in [5.74, 6) is 0. The van der Waals surface area contributed by atoms with E-state index in [1.54, 1.807) is 31.3 Å². The molecule has 4 heterocycles. The van der Waals surface area contributed by atoms with Gasteiger partial charge in [0.15, 0.2) is 0 Å². The molecule has 12 heteroatoms. The summed E-state index contributed by atoms with van der Waals surface area (Å²) in [6, 6.07) is 10.7. The van der Waals surface area contributed by atoms with Gasteiger partial charge in [-0.15, -0.1) is 16.4 Å². The van der Waals surface area contributed by atoms with Crippen molar-refractivity contribution < 1.29 is 0 Å². The van der Waals surface area contributed by atoms with Gasteiger partial charge in [-0.05, 0) is 24.3 Å². The lowest BCUT2D eigenvalue weighted by Crippen LogP contribution is -2.38. The van der Waals surface area contributed by atoms with E-state index in [0.29, 0.717) is 42.3 Å². The highest BCUT2D eigenvalue weighted by Gasteiger charge is 2.21. The van der Waals surface area contributed by atoms with Crippen molar-refractivity contribution in [3.8, 4) is 28.3 Å². The van der Waals surface area contributed by atoms with E-state index in [1.165, 1.54) is 21.6 Å². The fourth-order valence-electron chi connectivity index (χ4n) is 3.85. The number of hydrogen-bond acceptors (Lipinski definition) is 8. The van der Waals surface area contributed by atoms with E-state index in [1.807, 2.05) is 6.07 Å². The molecule has 0 aliphatic heterocycles. The van der Waals surface area contributed by atoms with Crippen molar-refractivity contribution in [2.24, 2.45) is 7.05 Å². The van der Waals surface area contributed by atoms with Gasteiger partial charge >= 0.3 is 5.69 Å². The summed E-state index contributed by atoms with van der Waals surface area (Å²) in [6.45, 7) is 0.0793. The van der Waals surface area contributed by atoms with Crippen LogP contribution in [0.5, 0.6) is 0 Å². The van der Waals surface area contributed by atoms with E-state index in [0.717, 1.165) is 15.9 Å². The van der Waals surface area contributed by atoms with Crippen molar-refractivity contribution in [3.05, 3.63) is 68.1 Å². The summed E-state index contributed by atoms with van der Waals surface area (Å²) in [5.41, 5.74) is 1.31. The lowest BCUT2D eigenvalue weighted by molar-refractivity contribution is 0.661. The number of fused-ring (bicyclic) bond motifs is 2. The Morgan fingerprint density at radius 3 is 2.76 bits per heavy atom. The lowest BCUT2D eigenvalue weighted by Gasteiger charge is -2.11. The molecular formula is C22H13ClN8O2S. The van der Waals surface area contributed by atoms with Crippen LogP contribution in [0.15, 0.2) is 46.2 Å². The molecule has 0 unspecified atom stereocenters. The molecule has 166 valence electrons. The SMILES string of the molecule is Cn1nnc2cncc(-n3c(=O)c4sc(-c5cc(Cl)ccc5C#N)cc4n(CCC#N)c3=O)c21. The average molecular weight is 489 g/mol. The van der Waals surface area contributed by atoms with Gasteiger partial charge in [0.05, 0.1) is 47.7 Å². The molecule has 0 N–H and O–H groups in total. The summed E-state index contributed by atoms with van der Waals surface area (Å²) in [6.07, 6.45) is 2.97. The lowest BCUT2D eigenvalue weighted by atomic mass is 10.1. The number of thiophene rings is 1. The Morgan fingerprint density at radius 2 is 2.00 bits per heavy atom. The predicted octanol–water partition coefficient (Wildman–Crippen LogP) is 3.00. The summed E-state index contributed by atoms with van der Waals surface area (Å²) in [7, 11) is 1.66. The minimum atomic E-state index is -0.612. The topological polar surface area (TPSA) is 135 Å². The fraction of sp³-hybridized carbons (Fsp3) is 0.136. The van der Waals surface area contributed by atoms with Gasteiger partial charge in [0, 0.05) is 29.1 Å². The number of halogens is 1. The number of aromatic nitrogens is 6. The third kappa shape index (κ3) is 3.27. The Balaban J connectivity index is 1.88. The van der Waals surface area contributed by atoms with Crippen molar-refractivity contribution in [1.29, 1.82) is 10.5 Å². The maximum Gasteiger partial charge on any atom is 0.336 e. The number of hydrogen-bond donors (Lipinski definition) is 0. The summed E-state index contributed by atoms with van der Waals surface area (Å²) in [5, 5.41) is 27.1. The largest absolute Gasteiger partial charge is 0.336 e. The van der Waals surface area contributed by atoms with Crippen LogP contribution in [0.1, 0.15) is 12.0 Å². The van der Waals surface area contributed by atoms with Crippen molar-refractivity contribution >= 4 is 44.2 Å². The van der Waals surface area contributed by atoms with E-state index in [-0.39, 0.29) is 18.7 Å². The first-order chi connectivity index (χ1) is 16.4. The van der Waals surface area contributed by atoms with Gasteiger partial charge in [0.2, 0.25) is 0 Å². The monoisotopic (exact) mass is 488 g/mol. The van der Waals surface area contributed by atoms with Gasteiger partial charge < -0.3 is 0 Å². The third-order valence-electron chi connectivity index (χ3n) is 5.37. The molecular weight excluding hydrogens is 476 g/mol. The van der Waals surface area contributed by atoms with Crippen molar-refractivity contribution in [3.63, 3.8) is 0 Å². The van der Waals surface area contributed by atoms with Gasteiger partial charge in [-0.3, -0.25) is 14.3 Å². The van der Waals surface area contributed by atoms with E-state index in [9.17, 15) is 14.9 Å². The zero-order valence-electron chi connectivity index (χ0n) is 17.6. The number of benzene rings is 1. The number of nitrogens with zero attached hydrogens (tertiary/aromatic N) is 8. The van der Waals surface area contributed by atoms with Crippen LogP contribution in [0.2, 0.25) is 5.02 Å². The highest BCUT2D eigenvalue weighted by Crippen LogP contribution is 2.35. The van der Waals surface area contributed by atoms with Crippen LogP contribution in [-0.2, 0) is 13.6 Å². The molecule has 0 aliphatic carbocycles. The Kier molecular flexibility index (Phi) is 5.21. The molecule has 0 saturated heterocycles. The van der Waals surface area contributed by atoms with Crippen molar-refractivity contribution in [1.82, 2.24) is 29.1 Å². The molecule has 10 nitrogen and oxygen atoms in total. The van der Waals surface area contributed by atoms with E-state index in [2.05, 4.69) is 21.4 Å². The van der Waals surface area contributed by atoms with Crippen LogP contribution >= 0.6 is 22.9 Å². The molecule has 1 aromatic carbocycles. The second-order valence-corrected chi connectivity index (χ2v) is 8.84. The summed E-state index contributed by atoms with van der Waals surface area (Å²) in [4.78, 5) is 31.9. The number of pyridine rings is 1. The molecule has 0 saturated carbocycles. The average Bonchev–Trinajstić information content (AvgIpc) is 3.44. The van der Waals surface area contributed by atoms with Crippen LogP contribution < -0.4 is 11.2 Å². The molecule has 34 heavy (non-hydrogen) atoms. The molecule has 5 aromatic rings. The first-order valence-corrected chi connectivity index (χ1v) is 11.1. The maximum absolute atomic E-state index is 13.6.